The number of anilines is 1. The Hall–Kier alpha value is -2.05. The molecule has 1 N–H and O–H groups in total. The van der Waals surface area contributed by atoms with E-state index in [2.05, 4.69) is 21.2 Å². The van der Waals surface area contributed by atoms with Crippen molar-refractivity contribution in [3.05, 3.63) is 51.5 Å². The van der Waals surface area contributed by atoms with Crippen LogP contribution in [-0.2, 0) is 4.79 Å². The van der Waals surface area contributed by atoms with Crippen molar-refractivity contribution in [1.29, 1.82) is 0 Å². The van der Waals surface area contributed by atoms with Crippen LogP contribution in [0.1, 0.15) is 10.4 Å². The van der Waals surface area contributed by atoms with Crippen LogP contribution in [0.25, 0.3) is 0 Å². The van der Waals surface area contributed by atoms with Gasteiger partial charge in [-0.2, -0.15) is 0 Å². The Morgan fingerprint density at radius 2 is 2.13 bits per heavy atom. The van der Waals surface area contributed by atoms with Crippen LogP contribution in [0.3, 0.4) is 0 Å². The number of fused-ring (bicyclic) bond motifs is 1. The summed E-state index contributed by atoms with van der Waals surface area (Å²) in [5.41, 5.74) is 0.900. The molecule has 5 nitrogen and oxygen atoms in total. The molecule has 1 amide bonds. The lowest BCUT2D eigenvalue weighted by Crippen LogP contribution is -2.25. The van der Waals surface area contributed by atoms with Crippen LogP contribution in [0.15, 0.2) is 40.9 Å². The van der Waals surface area contributed by atoms with Gasteiger partial charge < -0.3 is 14.8 Å². The summed E-state index contributed by atoms with van der Waals surface area (Å²) in [6.07, 6.45) is 0. The Balaban J connectivity index is 1.71. The number of rotatable bonds is 4. The van der Waals surface area contributed by atoms with E-state index in [0.29, 0.717) is 27.8 Å². The van der Waals surface area contributed by atoms with E-state index in [1.54, 1.807) is 36.4 Å². The number of hydrogen-bond acceptors (Lipinski definition) is 4. The molecule has 2 aromatic rings. The van der Waals surface area contributed by atoms with Gasteiger partial charge in [-0.05, 0) is 36.4 Å². The van der Waals surface area contributed by atoms with Gasteiger partial charge in [-0.25, -0.2) is 0 Å². The molecule has 0 saturated heterocycles. The zero-order valence-corrected chi connectivity index (χ0v) is 14.1. The molecule has 1 aliphatic rings. The third-order valence-corrected chi connectivity index (χ3v) is 3.98. The minimum Gasteiger partial charge on any atom is -0.484 e. The van der Waals surface area contributed by atoms with E-state index in [1.807, 2.05) is 0 Å². The van der Waals surface area contributed by atoms with Crippen molar-refractivity contribution in [2.75, 3.05) is 18.5 Å². The topological polar surface area (TPSA) is 64.6 Å². The van der Waals surface area contributed by atoms with E-state index in [1.165, 1.54) is 0 Å². The summed E-state index contributed by atoms with van der Waals surface area (Å²) in [7, 11) is 0. The van der Waals surface area contributed by atoms with E-state index in [9.17, 15) is 9.59 Å². The van der Waals surface area contributed by atoms with E-state index in [0.717, 1.165) is 4.47 Å². The zero-order valence-electron chi connectivity index (χ0n) is 11.8. The Kier molecular flexibility index (Phi) is 4.54. The molecule has 23 heavy (non-hydrogen) atoms. The van der Waals surface area contributed by atoms with Gasteiger partial charge >= 0.3 is 0 Å². The van der Waals surface area contributed by atoms with Gasteiger partial charge in [0.2, 0.25) is 0 Å². The molecular formula is C16H11BrClNO4. The number of ketones is 1. The summed E-state index contributed by atoms with van der Waals surface area (Å²) < 4.78 is 11.5. The van der Waals surface area contributed by atoms with Gasteiger partial charge in [0.05, 0.1) is 10.7 Å². The second-order valence-corrected chi connectivity index (χ2v) is 6.16. The first-order valence-electron chi connectivity index (χ1n) is 6.70. The maximum absolute atomic E-state index is 12.2. The van der Waals surface area contributed by atoms with Crippen molar-refractivity contribution in [1.82, 2.24) is 0 Å². The molecule has 0 saturated carbocycles. The van der Waals surface area contributed by atoms with Crippen LogP contribution in [-0.4, -0.2) is 24.9 Å². The molecule has 0 bridgehead atoms. The molecule has 0 aromatic heterocycles. The molecule has 7 heteroatoms. The predicted octanol–water partition coefficient (Wildman–Crippen LogP) is 3.70. The summed E-state index contributed by atoms with van der Waals surface area (Å²) in [6, 6.07) is 9.99. The average molecular weight is 397 g/mol. The van der Waals surface area contributed by atoms with Gasteiger partial charge in [0.1, 0.15) is 11.5 Å². The van der Waals surface area contributed by atoms with Gasteiger partial charge in [-0.1, -0.05) is 27.5 Å². The maximum Gasteiger partial charge on any atom is 0.262 e. The van der Waals surface area contributed by atoms with Crippen LogP contribution in [0.4, 0.5) is 5.69 Å². The largest absolute Gasteiger partial charge is 0.484 e. The minimum absolute atomic E-state index is 0.0224. The number of amides is 1. The Morgan fingerprint density at radius 1 is 1.30 bits per heavy atom. The predicted molar refractivity (Wildman–Crippen MR) is 89.5 cm³/mol. The monoisotopic (exact) mass is 395 g/mol. The molecule has 118 valence electrons. The van der Waals surface area contributed by atoms with E-state index in [-0.39, 0.29) is 24.9 Å². The fraction of sp³-hybridized carbons (Fsp3) is 0.125. The fourth-order valence-electron chi connectivity index (χ4n) is 2.08. The SMILES string of the molecule is O=C1COc2ccc(C(=O)COc3ccc(Br)cc3Cl)cc2N1. The molecule has 1 heterocycles. The number of benzene rings is 2. The van der Waals surface area contributed by atoms with Crippen LogP contribution in [0, 0.1) is 0 Å². The molecule has 0 fully saturated rings. The molecule has 0 radical (unpaired) electrons. The number of hydrogen-bond donors (Lipinski definition) is 1. The number of carbonyl (C=O) groups is 2. The van der Waals surface area contributed by atoms with Crippen molar-refractivity contribution >= 4 is 44.9 Å². The number of carbonyl (C=O) groups excluding carboxylic acids is 2. The molecule has 3 rings (SSSR count). The Bertz CT molecular complexity index is 794. The quantitative estimate of drug-likeness (QED) is 0.801. The van der Waals surface area contributed by atoms with E-state index >= 15 is 0 Å². The fourth-order valence-corrected chi connectivity index (χ4v) is 2.80. The van der Waals surface area contributed by atoms with Crippen molar-refractivity contribution < 1.29 is 19.1 Å². The van der Waals surface area contributed by atoms with Crippen LogP contribution < -0.4 is 14.8 Å². The lowest BCUT2D eigenvalue weighted by Gasteiger charge is -2.18. The second kappa shape index (κ2) is 6.60. The van der Waals surface area contributed by atoms with Gasteiger partial charge in [0.25, 0.3) is 5.91 Å². The number of halogens is 2. The normalized spacial score (nSPS) is 12.9. The number of nitrogens with one attached hydrogen (secondary N) is 1. The molecule has 0 atom stereocenters. The third kappa shape index (κ3) is 3.65. The van der Waals surface area contributed by atoms with Gasteiger partial charge in [-0.3, -0.25) is 9.59 Å². The average Bonchev–Trinajstić information content (AvgIpc) is 2.53. The minimum atomic E-state index is -0.250. The summed E-state index contributed by atoms with van der Waals surface area (Å²) in [6.45, 7) is -0.180. The summed E-state index contributed by atoms with van der Waals surface area (Å²) >= 11 is 9.34. The van der Waals surface area contributed by atoms with Crippen LogP contribution in [0.2, 0.25) is 5.02 Å². The van der Waals surface area contributed by atoms with Crippen molar-refractivity contribution in [3.8, 4) is 11.5 Å². The highest BCUT2D eigenvalue weighted by atomic mass is 79.9. The summed E-state index contributed by atoms with van der Waals surface area (Å²) in [4.78, 5) is 23.6. The molecule has 1 aliphatic heterocycles. The van der Waals surface area contributed by atoms with Crippen molar-refractivity contribution in [2.45, 2.75) is 0 Å². The Labute approximate surface area is 145 Å². The number of Topliss-reactive ketones (excluding diaryl/α,β-unsaturated/α-hetero) is 1. The first-order valence-corrected chi connectivity index (χ1v) is 7.88. The third-order valence-electron chi connectivity index (χ3n) is 3.19. The molecule has 0 spiro atoms. The maximum atomic E-state index is 12.2. The first-order chi connectivity index (χ1) is 11.0. The van der Waals surface area contributed by atoms with Crippen LogP contribution in [0.5, 0.6) is 11.5 Å². The van der Waals surface area contributed by atoms with Crippen LogP contribution >= 0.6 is 27.5 Å². The summed E-state index contributed by atoms with van der Waals surface area (Å²) in [5, 5.41) is 3.08. The van der Waals surface area contributed by atoms with Gasteiger partial charge in [0, 0.05) is 10.0 Å². The Morgan fingerprint density at radius 3 is 2.91 bits per heavy atom. The smallest absolute Gasteiger partial charge is 0.262 e. The molecular weight excluding hydrogens is 386 g/mol. The summed E-state index contributed by atoms with van der Waals surface area (Å²) in [5.74, 6) is 0.488. The van der Waals surface area contributed by atoms with Gasteiger partial charge in [-0.15, -0.1) is 0 Å². The highest BCUT2D eigenvalue weighted by Gasteiger charge is 2.18. The standard InChI is InChI=1S/C16H11BrClNO4/c17-10-2-4-14(11(18)6-10)22-7-13(20)9-1-3-15-12(5-9)19-16(21)8-23-15/h1-6H,7-8H2,(H,19,21). The highest BCUT2D eigenvalue weighted by molar-refractivity contribution is 9.10. The molecule has 0 unspecified atom stereocenters. The highest BCUT2D eigenvalue weighted by Crippen LogP contribution is 2.30. The second-order valence-electron chi connectivity index (χ2n) is 4.83. The van der Waals surface area contributed by atoms with Crippen molar-refractivity contribution in [2.24, 2.45) is 0 Å². The lowest BCUT2D eigenvalue weighted by molar-refractivity contribution is -0.118. The van der Waals surface area contributed by atoms with Crippen molar-refractivity contribution in [3.63, 3.8) is 0 Å². The van der Waals surface area contributed by atoms with Gasteiger partial charge in [0.15, 0.2) is 19.0 Å². The van der Waals surface area contributed by atoms with E-state index < -0.39 is 0 Å². The molecule has 2 aromatic carbocycles. The molecule has 0 aliphatic carbocycles. The zero-order chi connectivity index (χ0) is 16.4. The number of ether oxygens (including phenoxy) is 2. The van der Waals surface area contributed by atoms with E-state index in [4.69, 9.17) is 21.1 Å². The lowest BCUT2D eigenvalue weighted by atomic mass is 10.1. The first kappa shape index (κ1) is 15.8.